The number of benzene rings is 2. The van der Waals surface area contributed by atoms with E-state index in [4.69, 9.17) is 0 Å². The van der Waals surface area contributed by atoms with E-state index in [1.54, 1.807) is 25.1 Å². The number of carbonyl (C=O) groups is 2. The van der Waals surface area contributed by atoms with Gasteiger partial charge in [0.05, 0.1) is 5.75 Å². The molecule has 0 aromatic heterocycles. The molecule has 1 N–H and O–H groups in total. The maximum absolute atomic E-state index is 14.4. The van der Waals surface area contributed by atoms with Crippen LogP contribution in [0.15, 0.2) is 42.5 Å². The second-order valence-corrected chi connectivity index (χ2v) is 10.1. The van der Waals surface area contributed by atoms with Crippen LogP contribution in [0.2, 0.25) is 0 Å². The van der Waals surface area contributed by atoms with Crippen molar-refractivity contribution >= 4 is 23.6 Å². The Morgan fingerprint density at radius 2 is 1.76 bits per heavy atom. The lowest BCUT2D eigenvalue weighted by Gasteiger charge is -2.31. The van der Waals surface area contributed by atoms with Crippen molar-refractivity contribution in [1.82, 2.24) is 10.2 Å². The van der Waals surface area contributed by atoms with Gasteiger partial charge in [0, 0.05) is 23.9 Å². The topological polar surface area (TPSA) is 49.4 Å². The van der Waals surface area contributed by atoms with Gasteiger partial charge >= 0.3 is 0 Å². The van der Waals surface area contributed by atoms with Crippen molar-refractivity contribution in [1.29, 1.82) is 0 Å². The molecule has 1 atom stereocenters. The largest absolute Gasteiger partial charge is 0.352 e. The lowest BCUT2D eigenvalue weighted by atomic mass is 9.95. The van der Waals surface area contributed by atoms with Crippen LogP contribution < -0.4 is 5.32 Å². The molecule has 0 spiro atoms. The van der Waals surface area contributed by atoms with Crippen molar-refractivity contribution in [2.75, 3.05) is 5.75 Å². The highest BCUT2D eigenvalue weighted by molar-refractivity contribution is 7.99. The normalized spacial score (nSPS) is 15.2. The fraction of sp³-hybridized carbons (Fsp3) is 0.481. The van der Waals surface area contributed by atoms with Crippen LogP contribution in [-0.2, 0) is 21.9 Å². The Labute approximate surface area is 201 Å². The molecule has 4 nitrogen and oxygen atoms in total. The van der Waals surface area contributed by atoms with Gasteiger partial charge in [-0.05, 0) is 45.2 Å². The molecule has 6 heteroatoms. The number of thioether (sulfide) groups is 1. The molecule has 1 fully saturated rings. The predicted octanol–water partition coefficient (Wildman–Crippen LogP) is 5.54. The van der Waals surface area contributed by atoms with Gasteiger partial charge in [-0.15, -0.1) is 11.8 Å². The molecular formula is C27H35FN2O2S. The summed E-state index contributed by atoms with van der Waals surface area (Å²) in [4.78, 5) is 27.7. The molecule has 0 aliphatic heterocycles. The number of hydrogen-bond donors (Lipinski definition) is 1. The van der Waals surface area contributed by atoms with Crippen molar-refractivity contribution < 1.29 is 14.0 Å². The van der Waals surface area contributed by atoms with E-state index in [0.717, 1.165) is 25.7 Å². The smallest absolute Gasteiger partial charge is 0.242 e. The lowest BCUT2D eigenvalue weighted by molar-refractivity contribution is -0.139. The van der Waals surface area contributed by atoms with Gasteiger partial charge in [0.1, 0.15) is 11.9 Å². The number of halogens is 1. The molecule has 0 radical (unpaired) electrons. The van der Waals surface area contributed by atoms with E-state index in [0.29, 0.717) is 11.3 Å². The summed E-state index contributed by atoms with van der Waals surface area (Å²) in [6.45, 7) is 5.95. The van der Waals surface area contributed by atoms with Crippen LogP contribution >= 0.6 is 11.8 Å². The summed E-state index contributed by atoms with van der Waals surface area (Å²) in [7, 11) is 0. The summed E-state index contributed by atoms with van der Waals surface area (Å²) in [6, 6.07) is 12.3. The van der Waals surface area contributed by atoms with Gasteiger partial charge in [-0.25, -0.2) is 4.39 Å². The van der Waals surface area contributed by atoms with Gasteiger partial charge < -0.3 is 10.2 Å². The molecule has 2 aromatic rings. The Morgan fingerprint density at radius 1 is 1.09 bits per heavy atom. The third-order valence-corrected chi connectivity index (χ3v) is 7.18. The number of rotatable bonds is 9. The molecule has 0 unspecified atom stereocenters. The van der Waals surface area contributed by atoms with E-state index in [-0.39, 0.29) is 36.0 Å². The molecule has 1 saturated carbocycles. The number of carbonyl (C=O) groups excluding carboxylic acids is 2. The monoisotopic (exact) mass is 470 g/mol. The average molecular weight is 471 g/mol. The zero-order valence-electron chi connectivity index (χ0n) is 19.9. The van der Waals surface area contributed by atoms with Crippen molar-refractivity contribution in [3.05, 3.63) is 70.5 Å². The minimum atomic E-state index is -0.666. The number of amides is 2. The fourth-order valence-corrected chi connectivity index (χ4v) is 5.30. The Hall–Kier alpha value is -2.34. The molecule has 178 valence electrons. The highest BCUT2D eigenvalue weighted by atomic mass is 32.2. The van der Waals surface area contributed by atoms with Crippen LogP contribution in [0.1, 0.15) is 61.3 Å². The first-order valence-corrected chi connectivity index (χ1v) is 13.0. The summed E-state index contributed by atoms with van der Waals surface area (Å²) in [5.74, 6) is 0.273. The Bertz CT molecular complexity index is 939. The first-order valence-electron chi connectivity index (χ1n) is 11.8. The van der Waals surface area contributed by atoms with Crippen LogP contribution in [-0.4, -0.2) is 34.6 Å². The Morgan fingerprint density at radius 3 is 2.42 bits per heavy atom. The third-order valence-electron chi connectivity index (χ3n) is 6.19. The maximum Gasteiger partial charge on any atom is 0.242 e. The summed E-state index contributed by atoms with van der Waals surface area (Å²) in [6.07, 6.45) is 5.40. The molecule has 3 rings (SSSR count). The Balaban J connectivity index is 1.67. The van der Waals surface area contributed by atoms with Crippen molar-refractivity contribution in [2.24, 2.45) is 0 Å². The molecule has 1 aliphatic carbocycles. The van der Waals surface area contributed by atoms with Crippen molar-refractivity contribution in [3.63, 3.8) is 0 Å². The number of nitrogens with zero attached hydrogens (tertiary/aromatic N) is 1. The van der Waals surface area contributed by atoms with Crippen LogP contribution in [0, 0.1) is 19.7 Å². The molecular weight excluding hydrogens is 435 g/mol. The van der Waals surface area contributed by atoms with E-state index in [1.807, 2.05) is 0 Å². The van der Waals surface area contributed by atoms with Gasteiger partial charge in [-0.3, -0.25) is 9.59 Å². The van der Waals surface area contributed by atoms with Gasteiger partial charge in [0.25, 0.3) is 0 Å². The number of nitrogens with one attached hydrogen (secondary N) is 1. The van der Waals surface area contributed by atoms with Crippen LogP contribution in [0.25, 0.3) is 0 Å². The molecule has 1 aliphatic rings. The van der Waals surface area contributed by atoms with E-state index in [2.05, 4.69) is 37.4 Å². The van der Waals surface area contributed by atoms with E-state index < -0.39 is 6.04 Å². The summed E-state index contributed by atoms with van der Waals surface area (Å²) < 4.78 is 14.4. The van der Waals surface area contributed by atoms with Gasteiger partial charge in [0.15, 0.2) is 0 Å². The number of aryl methyl sites for hydroxylation is 2. The molecule has 0 heterocycles. The Kier molecular flexibility index (Phi) is 9.36. The second kappa shape index (κ2) is 12.2. The molecule has 0 bridgehead atoms. The average Bonchev–Trinajstić information content (AvgIpc) is 2.78. The van der Waals surface area contributed by atoms with E-state index >= 15 is 0 Å². The van der Waals surface area contributed by atoms with Gasteiger partial charge in [-0.2, -0.15) is 0 Å². The minimum absolute atomic E-state index is 0.0782. The maximum atomic E-state index is 14.4. The fourth-order valence-electron chi connectivity index (χ4n) is 4.45. The lowest BCUT2D eigenvalue weighted by Crippen LogP contribution is -2.51. The highest BCUT2D eigenvalue weighted by Gasteiger charge is 2.28. The van der Waals surface area contributed by atoms with Gasteiger partial charge in [-0.1, -0.05) is 66.8 Å². The molecule has 2 aromatic carbocycles. The molecule has 33 heavy (non-hydrogen) atoms. The predicted molar refractivity (Wildman–Crippen MR) is 134 cm³/mol. The van der Waals surface area contributed by atoms with E-state index in [9.17, 15) is 14.0 Å². The first kappa shape index (κ1) is 25.3. The summed E-state index contributed by atoms with van der Waals surface area (Å²) in [5.41, 5.74) is 3.99. The zero-order chi connectivity index (χ0) is 23.8. The SMILES string of the molecule is Cc1cc(C)cc(CSCC(=O)N(Cc2ccccc2F)[C@@H](C)C(=O)NC2CCCCC2)c1. The summed E-state index contributed by atoms with van der Waals surface area (Å²) in [5, 5.41) is 3.12. The standard InChI is InChI=1S/C27H35FN2O2S/c1-19-13-20(2)15-22(14-19)17-33-18-26(31)30(16-23-9-7-8-12-25(23)28)21(3)27(32)29-24-10-5-4-6-11-24/h7-9,12-15,21,24H,4-6,10-11,16-18H2,1-3H3,(H,29,32)/t21-/m0/s1. The van der Waals surface area contributed by atoms with Gasteiger partial charge in [0.2, 0.25) is 11.8 Å². The van der Waals surface area contributed by atoms with Crippen LogP contribution in [0.3, 0.4) is 0 Å². The van der Waals surface area contributed by atoms with E-state index in [1.165, 1.54) is 45.8 Å². The quantitative estimate of drug-likeness (QED) is 0.523. The number of hydrogen-bond acceptors (Lipinski definition) is 3. The third kappa shape index (κ3) is 7.60. The summed E-state index contributed by atoms with van der Waals surface area (Å²) >= 11 is 1.52. The van der Waals surface area contributed by atoms with Crippen molar-refractivity contribution in [2.45, 2.75) is 77.3 Å². The van der Waals surface area contributed by atoms with Crippen molar-refractivity contribution in [3.8, 4) is 0 Å². The zero-order valence-corrected chi connectivity index (χ0v) is 20.7. The molecule has 2 amide bonds. The minimum Gasteiger partial charge on any atom is -0.352 e. The second-order valence-electron chi connectivity index (χ2n) is 9.12. The highest BCUT2D eigenvalue weighted by Crippen LogP contribution is 2.20. The first-order chi connectivity index (χ1) is 15.8. The van der Waals surface area contributed by atoms with Crippen LogP contribution in [0.4, 0.5) is 4.39 Å². The molecule has 0 saturated heterocycles. The van der Waals surface area contributed by atoms with Crippen LogP contribution in [0.5, 0.6) is 0 Å².